The Morgan fingerprint density at radius 1 is 1.56 bits per heavy atom. The van der Waals surface area contributed by atoms with E-state index < -0.39 is 0 Å². The largest absolute Gasteiger partial charge is 0.398 e. The van der Waals surface area contributed by atoms with Crippen molar-refractivity contribution in [2.75, 3.05) is 5.73 Å². The second-order valence-corrected chi connectivity index (χ2v) is 5.16. The Bertz CT molecular complexity index is 443. The van der Waals surface area contributed by atoms with Gasteiger partial charge in [-0.1, -0.05) is 35.4 Å². The SMILES string of the molecule is CCC/C(=C\C(C)NC=O)c1cc(Br)ccc1N. The van der Waals surface area contributed by atoms with Crippen LogP contribution < -0.4 is 11.1 Å². The summed E-state index contributed by atoms with van der Waals surface area (Å²) in [6.45, 7) is 4.07. The van der Waals surface area contributed by atoms with E-state index in [4.69, 9.17) is 5.73 Å². The first-order chi connectivity index (χ1) is 8.58. The van der Waals surface area contributed by atoms with Crippen LogP contribution in [0.3, 0.4) is 0 Å². The van der Waals surface area contributed by atoms with Crippen molar-refractivity contribution < 1.29 is 4.79 Å². The van der Waals surface area contributed by atoms with Crippen LogP contribution >= 0.6 is 15.9 Å². The number of carbonyl (C=O) groups excluding carboxylic acids is 1. The number of halogens is 1. The lowest BCUT2D eigenvalue weighted by atomic mass is 9.98. The van der Waals surface area contributed by atoms with Gasteiger partial charge in [0.2, 0.25) is 6.41 Å². The summed E-state index contributed by atoms with van der Waals surface area (Å²) in [5.41, 5.74) is 8.98. The van der Waals surface area contributed by atoms with Crippen LogP contribution in [0, 0.1) is 0 Å². The van der Waals surface area contributed by atoms with E-state index in [2.05, 4.69) is 34.2 Å². The minimum atomic E-state index is 0.00225. The number of nitrogen functional groups attached to an aromatic ring is 1. The van der Waals surface area contributed by atoms with Gasteiger partial charge in [-0.2, -0.15) is 0 Å². The van der Waals surface area contributed by atoms with Crippen molar-refractivity contribution >= 4 is 33.6 Å². The summed E-state index contributed by atoms with van der Waals surface area (Å²) in [4.78, 5) is 10.4. The highest BCUT2D eigenvalue weighted by Crippen LogP contribution is 2.28. The molecule has 0 aromatic heterocycles. The topological polar surface area (TPSA) is 55.1 Å². The van der Waals surface area contributed by atoms with Crippen molar-refractivity contribution in [2.45, 2.75) is 32.7 Å². The van der Waals surface area contributed by atoms with Gasteiger partial charge in [0.15, 0.2) is 0 Å². The van der Waals surface area contributed by atoms with E-state index in [0.29, 0.717) is 0 Å². The van der Waals surface area contributed by atoms with Crippen molar-refractivity contribution in [3.8, 4) is 0 Å². The Balaban J connectivity index is 3.10. The molecule has 0 bridgehead atoms. The molecule has 0 saturated heterocycles. The maximum Gasteiger partial charge on any atom is 0.207 e. The second kappa shape index (κ2) is 7.21. The van der Waals surface area contributed by atoms with Gasteiger partial charge in [0.05, 0.1) is 0 Å². The zero-order valence-corrected chi connectivity index (χ0v) is 12.3. The standard InChI is InChI=1S/C14H19BrN2O/c1-3-4-11(7-10(2)17-9-18)13-8-12(15)5-6-14(13)16/h5-10H,3-4,16H2,1-2H3,(H,17,18)/b11-7+. The molecular formula is C14H19BrN2O. The highest BCUT2D eigenvalue weighted by molar-refractivity contribution is 9.10. The van der Waals surface area contributed by atoms with Crippen molar-refractivity contribution in [3.05, 3.63) is 34.3 Å². The lowest BCUT2D eigenvalue weighted by Gasteiger charge is -2.13. The quantitative estimate of drug-likeness (QED) is 0.625. The number of allylic oxidation sites excluding steroid dienone is 1. The molecule has 0 saturated carbocycles. The molecule has 1 unspecified atom stereocenters. The van der Waals surface area contributed by atoms with E-state index in [1.165, 1.54) is 0 Å². The molecule has 0 radical (unpaired) electrons. The van der Waals surface area contributed by atoms with Gasteiger partial charge in [-0.25, -0.2) is 0 Å². The fourth-order valence-corrected chi connectivity index (χ4v) is 2.20. The van der Waals surface area contributed by atoms with Crippen LogP contribution in [-0.2, 0) is 4.79 Å². The molecule has 0 heterocycles. The Kier molecular flexibility index (Phi) is 5.92. The Hall–Kier alpha value is -1.29. The lowest BCUT2D eigenvalue weighted by Crippen LogP contribution is -2.22. The van der Waals surface area contributed by atoms with E-state index in [1.807, 2.05) is 25.1 Å². The Morgan fingerprint density at radius 2 is 2.28 bits per heavy atom. The summed E-state index contributed by atoms with van der Waals surface area (Å²) in [6, 6.07) is 5.84. The summed E-state index contributed by atoms with van der Waals surface area (Å²) in [5.74, 6) is 0. The minimum Gasteiger partial charge on any atom is -0.398 e. The first-order valence-electron chi connectivity index (χ1n) is 6.04. The van der Waals surface area contributed by atoms with Crippen molar-refractivity contribution in [1.29, 1.82) is 0 Å². The van der Waals surface area contributed by atoms with Gasteiger partial charge in [0.25, 0.3) is 0 Å². The summed E-state index contributed by atoms with van der Waals surface area (Å²) < 4.78 is 1.00. The first kappa shape index (κ1) is 14.8. The Labute approximate surface area is 117 Å². The maximum atomic E-state index is 10.4. The molecule has 0 spiro atoms. The average Bonchev–Trinajstić information content (AvgIpc) is 2.32. The number of anilines is 1. The third-order valence-electron chi connectivity index (χ3n) is 2.66. The second-order valence-electron chi connectivity index (χ2n) is 4.25. The van der Waals surface area contributed by atoms with Gasteiger partial charge in [0, 0.05) is 21.8 Å². The highest BCUT2D eigenvalue weighted by atomic mass is 79.9. The number of nitrogens with two attached hydrogens (primary N) is 1. The fraction of sp³-hybridized carbons (Fsp3) is 0.357. The molecular weight excluding hydrogens is 292 g/mol. The predicted molar refractivity (Wildman–Crippen MR) is 80.1 cm³/mol. The van der Waals surface area contributed by atoms with E-state index >= 15 is 0 Å². The molecule has 1 aromatic carbocycles. The zero-order chi connectivity index (χ0) is 13.5. The van der Waals surface area contributed by atoms with Crippen LogP contribution in [0.15, 0.2) is 28.7 Å². The predicted octanol–water partition coefficient (Wildman–Crippen LogP) is 3.35. The van der Waals surface area contributed by atoms with E-state index in [-0.39, 0.29) is 6.04 Å². The third-order valence-corrected chi connectivity index (χ3v) is 3.16. The summed E-state index contributed by atoms with van der Waals surface area (Å²) in [7, 11) is 0. The molecule has 3 nitrogen and oxygen atoms in total. The molecule has 0 fully saturated rings. The van der Waals surface area contributed by atoms with Crippen LogP contribution in [0.5, 0.6) is 0 Å². The smallest absolute Gasteiger partial charge is 0.207 e. The number of carbonyl (C=O) groups is 1. The third kappa shape index (κ3) is 4.18. The highest BCUT2D eigenvalue weighted by Gasteiger charge is 2.08. The number of hydrogen-bond donors (Lipinski definition) is 2. The van der Waals surface area contributed by atoms with Gasteiger partial charge >= 0.3 is 0 Å². The van der Waals surface area contributed by atoms with Gasteiger partial charge in [-0.05, 0) is 37.1 Å². The van der Waals surface area contributed by atoms with Crippen LogP contribution in [0.2, 0.25) is 0 Å². The maximum absolute atomic E-state index is 10.4. The average molecular weight is 311 g/mol. The number of nitrogens with one attached hydrogen (secondary N) is 1. The molecule has 0 aliphatic carbocycles. The van der Waals surface area contributed by atoms with Crippen LogP contribution in [0.25, 0.3) is 5.57 Å². The summed E-state index contributed by atoms with van der Waals surface area (Å²) >= 11 is 3.46. The van der Waals surface area contributed by atoms with Gasteiger partial charge < -0.3 is 11.1 Å². The summed E-state index contributed by atoms with van der Waals surface area (Å²) in [5, 5.41) is 2.73. The number of hydrogen-bond acceptors (Lipinski definition) is 2. The molecule has 1 rings (SSSR count). The molecule has 1 amide bonds. The zero-order valence-electron chi connectivity index (χ0n) is 10.7. The number of rotatable bonds is 6. The van der Waals surface area contributed by atoms with Gasteiger partial charge in [-0.3, -0.25) is 4.79 Å². The molecule has 0 aliphatic heterocycles. The minimum absolute atomic E-state index is 0.00225. The molecule has 98 valence electrons. The molecule has 0 aliphatic rings. The molecule has 1 atom stereocenters. The summed E-state index contributed by atoms with van der Waals surface area (Å²) in [6.07, 6.45) is 4.74. The first-order valence-corrected chi connectivity index (χ1v) is 6.83. The molecule has 18 heavy (non-hydrogen) atoms. The van der Waals surface area contributed by atoms with Gasteiger partial charge in [0.1, 0.15) is 0 Å². The number of amides is 1. The lowest BCUT2D eigenvalue weighted by molar-refractivity contribution is -0.109. The molecule has 1 aromatic rings. The van der Waals surface area contributed by atoms with E-state index in [9.17, 15) is 4.79 Å². The van der Waals surface area contributed by atoms with E-state index in [0.717, 1.165) is 40.5 Å². The monoisotopic (exact) mass is 310 g/mol. The van der Waals surface area contributed by atoms with Crippen LogP contribution in [0.1, 0.15) is 32.3 Å². The van der Waals surface area contributed by atoms with Crippen LogP contribution in [-0.4, -0.2) is 12.5 Å². The molecule has 3 N–H and O–H groups in total. The normalized spacial score (nSPS) is 13.2. The van der Waals surface area contributed by atoms with Crippen LogP contribution in [0.4, 0.5) is 5.69 Å². The number of benzene rings is 1. The molecule has 4 heteroatoms. The van der Waals surface area contributed by atoms with Crippen molar-refractivity contribution in [3.63, 3.8) is 0 Å². The van der Waals surface area contributed by atoms with Crippen molar-refractivity contribution in [2.24, 2.45) is 0 Å². The Morgan fingerprint density at radius 3 is 2.89 bits per heavy atom. The van der Waals surface area contributed by atoms with Crippen molar-refractivity contribution in [1.82, 2.24) is 5.32 Å². The fourth-order valence-electron chi connectivity index (χ4n) is 1.84. The van der Waals surface area contributed by atoms with E-state index in [1.54, 1.807) is 0 Å². The van der Waals surface area contributed by atoms with Gasteiger partial charge in [-0.15, -0.1) is 0 Å².